The standard InChI is InChI=1S/C13H15N3O3/c14-8-10-3-4-11(16(17)18)12(7-10)19-9-13(15)5-1-2-6-13/h3-4,7H,1-2,5-6,9,15H2. The Bertz CT molecular complexity index is 530. The minimum absolute atomic E-state index is 0.112. The first-order valence-electron chi connectivity index (χ1n) is 6.14. The number of rotatable bonds is 4. The number of hydrogen-bond acceptors (Lipinski definition) is 5. The van der Waals surface area contributed by atoms with Crippen LogP contribution in [0.4, 0.5) is 5.69 Å². The second-order valence-corrected chi connectivity index (χ2v) is 4.91. The van der Waals surface area contributed by atoms with Crippen LogP contribution in [-0.4, -0.2) is 17.1 Å². The Morgan fingerprint density at radius 3 is 2.74 bits per heavy atom. The number of nitro groups is 1. The van der Waals surface area contributed by atoms with Gasteiger partial charge >= 0.3 is 5.69 Å². The van der Waals surface area contributed by atoms with E-state index in [2.05, 4.69) is 0 Å². The molecule has 0 heterocycles. The van der Waals surface area contributed by atoms with Crippen LogP contribution < -0.4 is 10.5 Å². The first-order chi connectivity index (χ1) is 9.04. The van der Waals surface area contributed by atoms with E-state index in [1.807, 2.05) is 6.07 Å². The molecule has 1 aromatic rings. The van der Waals surface area contributed by atoms with Gasteiger partial charge in [-0.05, 0) is 18.9 Å². The lowest BCUT2D eigenvalue weighted by atomic mass is 10.0. The summed E-state index contributed by atoms with van der Waals surface area (Å²) in [5.41, 5.74) is 5.93. The van der Waals surface area contributed by atoms with Gasteiger partial charge in [-0.3, -0.25) is 10.1 Å². The summed E-state index contributed by atoms with van der Waals surface area (Å²) in [5, 5.41) is 19.7. The molecule has 2 rings (SSSR count). The van der Waals surface area contributed by atoms with Gasteiger partial charge in [-0.1, -0.05) is 12.8 Å². The number of ether oxygens (including phenoxy) is 1. The van der Waals surface area contributed by atoms with Crippen molar-refractivity contribution in [2.45, 2.75) is 31.2 Å². The zero-order valence-electron chi connectivity index (χ0n) is 10.5. The highest BCUT2D eigenvalue weighted by Gasteiger charge is 2.31. The van der Waals surface area contributed by atoms with Crippen LogP contribution in [0.1, 0.15) is 31.2 Å². The normalized spacial score (nSPS) is 16.8. The van der Waals surface area contributed by atoms with Crippen molar-refractivity contribution in [1.29, 1.82) is 5.26 Å². The molecule has 2 N–H and O–H groups in total. The number of nitrogens with zero attached hydrogens (tertiary/aromatic N) is 2. The summed E-state index contributed by atoms with van der Waals surface area (Å²) in [7, 11) is 0. The largest absolute Gasteiger partial charge is 0.485 e. The smallest absolute Gasteiger partial charge is 0.311 e. The Morgan fingerprint density at radius 1 is 1.47 bits per heavy atom. The first-order valence-corrected chi connectivity index (χ1v) is 6.14. The number of nitriles is 1. The molecule has 100 valence electrons. The molecular weight excluding hydrogens is 246 g/mol. The van der Waals surface area contributed by atoms with Crippen LogP contribution in [0, 0.1) is 21.4 Å². The quantitative estimate of drug-likeness (QED) is 0.660. The fourth-order valence-corrected chi connectivity index (χ4v) is 2.30. The Morgan fingerprint density at radius 2 is 2.16 bits per heavy atom. The molecule has 1 aromatic carbocycles. The molecule has 1 aliphatic carbocycles. The molecule has 19 heavy (non-hydrogen) atoms. The van der Waals surface area contributed by atoms with Crippen LogP contribution in [0.2, 0.25) is 0 Å². The maximum atomic E-state index is 10.9. The van der Waals surface area contributed by atoms with Gasteiger partial charge in [-0.25, -0.2) is 0 Å². The van der Waals surface area contributed by atoms with E-state index in [9.17, 15) is 10.1 Å². The van der Waals surface area contributed by atoms with Crippen molar-refractivity contribution >= 4 is 5.69 Å². The van der Waals surface area contributed by atoms with Gasteiger partial charge in [0.25, 0.3) is 0 Å². The van der Waals surface area contributed by atoms with Crippen molar-refractivity contribution < 1.29 is 9.66 Å². The van der Waals surface area contributed by atoms with E-state index in [1.54, 1.807) is 0 Å². The summed E-state index contributed by atoms with van der Waals surface area (Å²) in [4.78, 5) is 10.4. The second-order valence-electron chi connectivity index (χ2n) is 4.91. The summed E-state index contributed by atoms with van der Waals surface area (Å²) in [6.07, 6.45) is 3.83. The van der Waals surface area contributed by atoms with Crippen molar-refractivity contribution in [2.75, 3.05) is 6.61 Å². The van der Waals surface area contributed by atoms with Gasteiger partial charge in [0.1, 0.15) is 6.61 Å². The lowest BCUT2D eigenvalue weighted by molar-refractivity contribution is -0.385. The fourth-order valence-electron chi connectivity index (χ4n) is 2.30. The van der Waals surface area contributed by atoms with Crippen molar-refractivity contribution in [1.82, 2.24) is 0 Å². The predicted octanol–water partition coefficient (Wildman–Crippen LogP) is 2.12. The first kappa shape index (κ1) is 13.3. The van der Waals surface area contributed by atoms with Gasteiger partial charge in [0.15, 0.2) is 5.75 Å². The lowest BCUT2D eigenvalue weighted by Crippen LogP contribution is -2.42. The third kappa shape index (κ3) is 3.01. The highest BCUT2D eigenvalue weighted by Crippen LogP contribution is 2.31. The van der Waals surface area contributed by atoms with E-state index >= 15 is 0 Å². The van der Waals surface area contributed by atoms with Crippen LogP contribution in [0.3, 0.4) is 0 Å². The number of hydrogen-bond donors (Lipinski definition) is 1. The van der Waals surface area contributed by atoms with E-state index in [1.165, 1.54) is 18.2 Å². The van der Waals surface area contributed by atoms with E-state index in [4.69, 9.17) is 15.7 Å². The summed E-state index contributed by atoms with van der Waals surface area (Å²) < 4.78 is 5.51. The van der Waals surface area contributed by atoms with Crippen molar-refractivity contribution in [3.8, 4) is 11.8 Å². The number of nitrogens with two attached hydrogens (primary N) is 1. The van der Waals surface area contributed by atoms with E-state index in [0.717, 1.165) is 25.7 Å². The molecule has 0 spiro atoms. The highest BCUT2D eigenvalue weighted by atomic mass is 16.6. The zero-order valence-corrected chi connectivity index (χ0v) is 10.5. The summed E-state index contributed by atoms with van der Waals surface area (Å²) in [6.45, 7) is 0.239. The van der Waals surface area contributed by atoms with E-state index in [-0.39, 0.29) is 18.0 Å². The molecule has 0 atom stereocenters. The minimum atomic E-state index is -0.520. The number of nitro benzene ring substituents is 1. The fraction of sp³-hybridized carbons (Fsp3) is 0.462. The second kappa shape index (κ2) is 5.24. The third-order valence-electron chi connectivity index (χ3n) is 3.40. The van der Waals surface area contributed by atoms with Crippen molar-refractivity contribution in [3.05, 3.63) is 33.9 Å². The van der Waals surface area contributed by atoms with Gasteiger partial charge in [-0.15, -0.1) is 0 Å². The average molecular weight is 261 g/mol. The topological polar surface area (TPSA) is 102 Å². The molecule has 0 amide bonds. The zero-order chi connectivity index (χ0) is 13.9. The molecule has 0 aromatic heterocycles. The molecule has 0 bridgehead atoms. The molecular formula is C13H15N3O3. The maximum absolute atomic E-state index is 10.9. The molecule has 1 fully saturated rings. The Kier molecular flexibility index (Phi) is 3.67. The van der Waals surface area contributed by atoms with Gasteiger partial charge in [0.05, 0.1) is 22.1 Å². The minimum Gasteiger partial charge on any atom is -0.485 e. The van der Waals surface area contributed by atoms with Crippen LogP contribution in [-0.2, 0) is 0 Å². The molecule has 6 heteroatoms. The molecule has 0 radical (unpaired) electrons. The van der Waals surface area contributed by atoms with Crippen molar-refractivity contribution in [2.24, 2.45) is 5.73 Å². The Labute approximate surface area is 110 Å². The molecule has 0 unspecified atom stereocenters. The molecule has 0 aliphatic heterocycles. The summed E-state index contributed by atoms with van der Waals surface area (Å²) in [5.74, 6) is 0.112. The van der Waals surface area contributed by atoms with Gasteiger partial charge < -0.3 is 10.5 Å². The maximum Gasteiger partial charge on any atom is 0.311 e. The predicted molar refractivity (Wildman–Crippen MR) is 68.7 cm³/mol. The van der Waals surface area contributed by atoms with E-state index < -0.39 is 10.5 Å². The van der Waals surface area contributed by atoms with Crippen LogP contribution >= 0.6 is 0 Å². The third-order valence-corrected chi connectivity index (χ3v) is 3.40. The summed E-state index contributed by atoms with van der Waals surface area (Å²) in [6, 6.07) is 6.01. The van der Waals surface area contributed by atoms with E-state index in [0.29, 0.717) is 5.56 Å². The average Bonchev–Trinajstić information content (AvgIpc) is 2.83. The van der Waals surface area contributed by atoms with Gasteiger partial charge in [-0.2, -0.15) is 5.26 Å². The summed E-state index contributed by atoms with van der Waals surface area (Å²) >= 11 is 0. The van der Waals surface area contributed by atoms with Crippen LogP contribution in [0.5, 0.6) is 5.75 Å². The van der Waals surface area contributed by atoms with Crippen LogP contribution in [0.15, 0.2) is 18.2 Å². The van der Waals surface area contributed by atoms with Crippen molar-refractivity contribution in [3.63, 3.8) is 0 Å². The SMILES string of the molecule is N#Cc1ccc([N+](=O)[O-])c(OCC2(N)CCCC2)c1. The monoisotopic (exact) mass is 261 g/mol. The highest BCUT2D eigenvalue weighted by molar-refractivity contribution is 5.51. The van der Waals surface area contributed by atoms with Gasteiger partial charge in [0, 0.05) is 12.1 Å². The molecule has 6 nitrogen and oxygen atoms in total. The molecule has 1 aliphatic rings. The Hall–Kier alpha value is -2.13. The lowest BCUT2D eigenvalue weighted by Gasteiger charge is -2.23. The molecule has 1 saturated carbocycles. The molecule has 0 saturated heterocycles. The van der Waals surface area contributed by atoms with Gasteiger partial charge in [0.2, 0.25) is 0 Å². The van der Waals surface area contributed by atoms with Crippen LogP contribution in [0.25, 0.3) is 0 Å². The Balaban J connectivity index is 2.18. The number of benzene rings is 1.